The normalized spacial score (nSPS) is 10.8. The summed E-state index contributed by atoms with van der Waals surface area (Å²) in [6.07, 6.45) is 1.65. The van der Waals surface area contributed by atoms with Gasteiger partial charge in [-0.15, -0.1) is 0 Å². The van der Waals surface area contributed by atoms with Gasteiger partial charge in [0.1, 0.15) is 17.3 Å². The number of carbonyl (C=O) groups is 1. The third kappa shape index (κ3) is 4.26. The molecule has 1 amide bonds. The Labute approximate surface area is 178 Å². The molecule has 4 nitrogen and oxygen atoms in total. The Balaban J connectivity index is 1.57. The van der Waals surface area contributed by atoms with Crippen LogP contribution >= 0.6 is 11.6 Å². The first-order valence-electron chi connectivity index (χ1n) is 9.35. The minimum Gasteiger partial charge on any atom is -0.456 e. The maximum Gasteiger partial charge on any atom is 0.251 e. The topological polar surface area (TPSA) is 51.2 Å². The maximum atomic E-state index is 13.3. The lowest BCUT2D eigenvalue weighted by Crippen LogP contribution is -2.23. The van der Waals surface area contributed by atoms with Crippen molar-refractivity contribution in [2.45, 2.75) is 13.5 Å². The largest absolute Gasteiger partial charge is 0.456 e. The van der Waals surface area contributed by atoms with Gasteiger partial charge in [0.2, 0.25) is 0 Å². The zero-order valence-corrected chi connectivity index (χ0v) is 16.9. The summed E-state index contributed by atoms with van der Waals surface area (Å²) in [4.78, 5) is 17.0. The van der Waals surface area contributed by atoms with E-state index in [4.69, 9.17) is 16.3 Å². The molecule has 4 aromatic rings. The van der Waals surface area contributed by atoms with Gasteiger partial charge in [-0.3, -0.25) is 9.78 Å². The average molecular weight is 421 g/mol. The summed E-state index contributed by atoms with van der Waals surface area (Å²) in [5.74, 6) is 0.598. The molecule has 0 spiro atoms. The van der Waals surface area contributed by atoms with Crippen LogP contribution in [-0.4, -0.2) is 10.9 Å². The number of rotatable bonds is 5. The van der Waals surface area contributed by atoms with E-state index >= 15 is 0 Å². The molecule has 0 fully saturated rings. The van der Waals surface area contributed by atoms with E-state index in [9.17, 15) is 9.18 Å². The Morgan fingerprint density at radius 1 is 1.07 bits per heavy atom. The Bertz CT molecular complexity index is 1240. The molecule has 6 heteroatoms. The van der Waals surface area contributed by atoms with E-state index in [-0.39, 0.29) is 18.3 Å². The lowest BCUT2D eigenvalue weighted by atomic mass is 10.1. The predicted molar refractivity (Wildman–Crippen MR) is 116 cm³/mol. The van der Waals surface area contributed by atoms with Crippen LogP contribution in [0.4, 0.5) is 4.39 Å². The number of hydrogen-bond acceptors (Lipinski definition) is 3. The number of hydrogen-bond donors (Lipinski definition) is 1. The maximum absolute atomic E-state index is 13.3. The minimum absolute atomic E-state index is 0.233. The lowest BCUT2D eigenvalue weighted by Gasteiger charge is -2.14. The van der Waals surface area contributed by atoms with E-state index in [1.54, 1.807) is 54.7 Å². The molecule has 3 aromatic carbocycles. The molecule has 1 heterocycles. The Morgan fingerprint density at radius 3 is 2.73 bits per heavy atom. The number of nitrogens with zero attached hydrogens (tertiary/aromatic N) is 1. The van der Waals surface area contributed by atoms with Gasteiger partial charge in [0.05, 0.1) is 5.52 Å². The number of fused-ring (bicyclic) bond motifs is 1. The van der Waals surface area contributed by atoms with Crippen LogP contribution < -0.4 is 10.1 Å². The first-order chi connectivity index (χ1) is 14.5. The molecule has 0 radical (unpaired) electrons. The number of pyridine rings is 1. The van der Waals surface area contributed by atoms with E-state index in [0.717, 1.165) is 10.9 Å². The summed E-state index contributed by atoms with van der Waals surface area (Å²) in [5.41, 5.74) is 2.61. The molecule has 1 aromatic heterocycles. The number of aromatic nitrogens is 1. The summed E-state index contributed by atoms with van der Waals surface area (Å²) < 4.78 is 19.4. The second kappa shape index (κ2) is 8.51. The van der Waals surface area contributed by atoms with Crippen molar-refractivity contribution in [2.75, 3.05) is 0 Å². The molecule has 1 N–H and O–H groups in total. The lowest BCUT2D eigenvalue weighted by molar-refractivity contribution is 0.0950. The van der Waals surface area contributed by atoms with Crippen molar-refractivity contribution in [3.63, 3.8) is 0 Å². The van der Waals surface area contributed by atoms with Crippen molar-refractivity contribution >= 4 is 28.4 Å². The predicted octanol–water partition coefficient (Wildman–Crippen LogP) is 6.06. The van der Waals surface area contributed by atoms with Crippen LogP contribution in [0.15, 0.2) is 72.9 Å². The van der Waals surface area contributed by atoms with Gasteiger partial charge in [-0.05, 0) is 61.0 Å². The zero-order chi connectivity index (χ0) is 21.1. The highest BCUT2D eigenvalue weighted by atomic mass is 35.5. The highest BCUT2D eigenvalue weighted by Crippen LogP contribution is 2.32. The smallest absolute Gasteiger partial charge is 0.251 e. The van der Waals surface area contributed by atoms with Crippen molar-refractivity contribution < 1.29 is 13.9 Å². The molecular formula is C24H18ClFN2O2. The molecule has 0 aliphatic rings. The summed E-state index contributed by atoms with van der Waals surface area (Å²) in [6.45, 7) is 2.06. The molecule has 150 valence electrons. The fourth-order valence-electron chi connectivity index (χ4n) is 3.20. The van der Waals surface area contributed by atoms with Gasteiger partial charge in [-0.1, -0.05) is 29.8 Å². The van der Waals surface area contributed by atoms with Gasteiger partial charge in [0.25, 0.3) is 5.91 Å². The number of nitrogens with one attached hydrogen (secondary N) is 1. The Morgan fingerprint density at radius 2 is 1.90 bits per heavy atom. The standard InChI is InChI=1S/C24H18ClFN2O2/c1-15-19(24(29)28-14-16-4-2-5-18(26)12-16)6-3-7-22(15)30-23-10-11-27-21-13-17(25)8-9-20(21)23/h2-13H,14H2,1H3,(H,28,29). The SMILES string of the molecule is Cc1c(Oc2ccnc3cc(Cl)ccc23)cccc1C(=O)NCc1cccc(F)c1. The van der Waals surface area contributed by atoms with E-state index in [1.807, 2.05) is 13.0 Å². The number of ether oxygens (including phenoxy) is 1. The minimum atomic E-state index is -0.334. The molecule has 30 heavy (non-hydrogen) atoms. The van der Waals surface area contributed by atoms with Gasteiger partial charge in [0.15, 0.2) is 0 Å². The molecular weight excluding hydrogens is 403 g/mol. The molecule has 0 atom stereocenters. The van der Waals surface area contributed by atoms with Crippen LogP contribution in [0.2, 0.25) is 5.02 Å². The molecule has 0 bridgehead atoms. The quantitative estimate of drug-likeness (QED) is 0.427. The van der Waals surface area contributed by atoms with Crippen LogP contribution in [0.3, 0.4) is 0 Å². The number of carbonyl (C=O) groups excluding carboxylic acids is 1. The van der Waals surface area contributed by atoms with Crippen LogP contribution in [0, 0.1) is 12.7 Å². The van der Waals surface area contributed by atoms with Crippen molar-refractivity contribution in [3.8, 4) is 11.5 Å². The van der Waals surface area contributed by atoms with Crippen LogP contribution in [0.1, 0.15) is 21.5 Å². The number of amides is 1. The first-order valence-corrected chi connectivity index (χ1v) is 9.73. The monoisotopic (exact) mass is 420 g/mol. The molecule has 4 rings (SSSR count). The zero-order valence-electron chi connectivity index (χ0n) is 16.2. The van der Waals surface area contributed by atoms with Crippen molar-refractivity contribution in [2.24, 2.45) is 0 Å². The second-order valence-corrected chi connectivity index (χ2v) is 7.25. The van der Waals surface area contributed by atoms with Gasteiger partial charge >= 0.3 is 0 Å². The third-order valence-electron chi connectivity index (χ3n) is 4.76. The fourth-order valence-corrected chi connectivity index (χ4v) is 3.36. The van der Waals surface area contributed by atoms with E-state index < -0.39 is 0 Å². The fraction of sp³-hybridized carbons (Fsp3) is 0.0833. The summed E-state index contributed by atoms with van der Waals surface area (Å²) in [6, 6.07) is 18.6. The summed E-state index contributed by atoms with van der Waals surface area (Å²) >= 11 is 6.05. The molecule has 0 saturated heterocycles. The summed E-state index contributed by atoms with van der Waals surface area (Å²) in [5, 5.41) is 4.24. The van der Waals surface area contributed by atoms with Crippen LogP contribution in [0.5, 0.6) is 11.5 Å². The highest BCUT2D eigenvalue weighted by Gasteiger charge is 2.14. The highest BCUT2D eigenvalue weighted by molar-refractivity contribution is 6.31. The van der Waals surface area contributed by atoms with Crippen molar-refractivity contribution in [1.82, 2.24) is 10.3 Å². The van der Waals surface area contributed by atoms with E-state index in [2.05, 4.69) is 10.3 Å². The Kier molecular flexibility index (Phi) is 5.63. The van der Waals surface area contributed by atoms with Crippen LogP contribution in [-0.2, 0) is 6.54 Å². The van der Waals surface area contributed by atoms with Crippen molar-refractivity contribution in [1.29, 1.82) is 0 Å². The third-order valence-corrected chi connectivity index (χ3v) is 4.99. The van der Waals surface area contributed by atoms with E-state index in [0.29, 0.717) is 33.2 Å². The van der Waals surface area contributed by atoms with Crippen molar-refractivity contribution in [3.05, 3.63) is 100 Å². The molecule has 0 unspecified atom stereocenters. The van der Waals surface area contributed by atoms with Gasteiger partial charge in [0, 0.05) is 34.3 Å². The summed E-state index contributed by atoms with van der Waals surface area (Å²) in [7, 11) is 0. The Hall–Kier alpha value is -3.44. The molecule has 0 saturated carbocycles. The molecule has 0 aliphatic carbocycles. The number of halogens is 2. The number of benzene rings is 3. The van der Waals surface area contributed by atoms with Gasteiger partial charge < -0.3 is 10.1 Å². The van der Waals surface area contributed by atoms with E-state index in [1.165, 1.54) is 12.1 Å². The second-order valence-electron chi connectivity index (χ2n) is 6.81. The van der Waals surface area contributed by atoms with Crippen LogP contribution in [0.25, 0.3) is 10.9 Å². The van der Waals surface area contributed by atoms with Gasteiger partial charge in [-0.2, -0.15) is 0 Å². The average Bonchev–Trinajstić information content (AvgIpc) is 2.73. The first kappa shape index (κ1) is 19.9. The molecule has 0 aliphatic heterocycles. The van der Waals surface area contributed by atoms with Gasteiger partial charge in [-0.25, -0.2) is 4.39 Å².